The summed E-state index contributed by atoms with van der Waals surface area (Å²) in [4.78, 5) is 24.6. The molecule has 1 aromatic heterocycles. The quantitative estimate of drug-likeness (QED) is 0.446. The van der Waals surface area contributed by atoms with E-state index in [4.69, 9.17) is 20.8 Å². The topological polar surface area (TPSA) is 56.5 Å². The average Bonchev–Trinajstić information content (AvgIpc) is 2.60. The van der Waals surface area contributed by atoms with E-state index >= 15 is 0 Å². The highest BCUT2D eigenvalue weighted by Crippen LogP contribution is 2.28. The Morgan fingerprint density at radius 2 is 1.81 bits per heavy atom. The number of halogens is 1. The van der Waals surface area contributed by atoms with Crippen LogP contribution in [0.2, 0.25) is 5.02 Å². The Morgan fingerprint density at radius 1 is 1.11 bits per heavy atom. The third-order valence-corrected chi connectivity index (χ3v) is 4.76. The first kappa shape index (κ1) is 19.2. The second kappa shape index (κ2) is 7.97. The summed E-state index contributed by atoms with van der Waals surface area (Å²) in [5.41, 5.74) is 2.51. The minimum atomic E-state index is -0.461. The van der Waals surface area contributed by atoms with E-state index in [9.17, 15) is 9.59 Å². The molecule has 1 heterocycles. The number of carbonyl (C=O) groups excluding carboxylic acids is 1. The van der Waals surface area contributed by atoms with Crippen LogP contribution < -0.4 is 5.63 Å². The van der Waals surface area contributed by atoms with Gasteiger partial charge in [0.05, 0.1) is 5.92 Å². The van der Waals surface area contributed by atoms with E-state index in [1.807, 2.05) is 45.0 Å². The second-order valence-electron chi connectivity index (χ2n) is 6.97. The lowest BCUT2D eigenvalue weighted by Gasteiger charge is -2.20. The number of ether oxygens (including phenoxy) is 1. The first-order valence-corrected chi connectivity index (χ1v) is 9.18. The van der Waals surface area contributed by atoms with E-state index in [0.29, 0.717) is 16.2 Å². The molecule has 0 N–H and O–H groups in total. The highest BCUT2D eigenvalue weighted by molar-refractivity contribution is 6.30. The monoisotopic (exact) mass is 384 g/mol. The minimum Gasteiger partial charge on any atom is -0.460 e. The molecule has 1 atom stereocenters. The van der Waals surface area contributed by atoms with Crippen molar-refractivity contribution >= 4 is 28.5 Å². The van der Waals surface area contributed by atoms with Gasteiger partial charge in [0.15, 0.2) is 0 Å². The SMILES string of the molecule is Cc1ccc2c(COC(=O)[C@@H](c3ccc(Cl)cc3)C(C)C)cc(=O)oc2c1. The Hall–Kier alpha value is -2.59. The van der Waals surface area contributed by atoms with Crippen LogP contribution >= 0.6 is 11.6 Å². The van der Waals surface area contributed by atoms with Gasteiger partial charge in [-0.05, 0) is 42.2 Å². The van der Waals surface area contributed by atoms with Crippen molar-refractivity contribution in [3.05, 3.63) is 80.7 Å². The number of carbonyl (C=O) groups is 1. The average molecular weight is 385 g/mol. The van der Waals surface area contributed by atoms with Gasteiger partial charge in [-0.15, -0.1) is 0 Å². The molecule has 5 heteroatoms. The van der Waals surface area contributed by atoms with Gasteiger partial charge in [-0.1, -0.05) is 49.7 Å². The van der Waals surface area contributed by atoms with Gasteiger partial charge >= 0.3 is 11.6 Å². The minimum absolute atomic E-state index is 0.0147. The third-order valence-electron chi connectivity index (χ3n) is 4.51. The van der Waals surface area contributed by atoms with Crippen LogP contribution in [0.15, 0.2) is 57.7 Å². The fourth-order valence-corrected chi connectivity index (χ4v) is 3.28. The van der Waals surface area contributed by atoms with E-state index in [2.05, 4.69) is 0 Å². The number of esters is 1. The lowest BCUT2D eigenvalue weighted by atomic mass is 9.88. The summed E-state index contributed by atoms with van der Waals surface area (Å²) in [5, 5.41) is 1.38. The van der Waals surface area contributed by atoms with Crippen LogP contribution in [0, 0.1) is 12.8 Å². The predicted molar refractivity (Wildman–Crippen MR) is 106 cm³/mol. The van der Waals surface area contributed by atoms with Crippen LogP contribution in [0.4, 0.5) is 0 Å². The first-order chi connectivity index (χ1) is 12.8. The first-order valence-electron chi connectivity index (χ1n) is 8.80. The molecule has 0 saturated heterocycles. The lowest BCUT2D eigenvalue weighted by Crippen LogP contribution is -2.21. The van der Waals surface area contributed by atoms with Crippen molar-refractivity contribution in [2.24, 2.45) is 5.92 Å². The molecule has 0 aliphatic carbocycles. The maximum Gasteiger partial charge on any atom is 0.336 e. The van der Waals surface area contributed by atoms with Gasteiger partial charge in [-0.2, -0.15) is 0 Å². The molecule has 0 spiro atoms. The van der Waals surface area contributed by atoms with E-state index in [1.54, 1.807) is 18.2 Å². The Bertz CT molecular complexity index is 1020. The molecular formula is C22H21ClO4. The summed E-state index contributed by atoms with van der Waals surface area (Å²) in [6, 6.07) is 14.2. The van der Waals surface area contributed by atoms with Crippen LogP contribution in [0.25, 0.3) is 11.0 Å². The summed E-state index contributed by atoms with van der Waals surface area (Å²) in [6.07, 6.45) is 0. The highest BCUT2D eigenvalue weighted by atomic mass is 35.5. The smallest absolute Gasteiger partial charge is 0.336 e. The molecule has 0 amide bonds. The maximum absolute atomic E-state index is 12.8. The van der Waals surface area contributed by atoms with Crippen LogP contribution in [0.5, 0.6) is 0 Å². The lowest BCUT2D eigenvalue weighted by molar-refractivity contribution is -0.147. The number of rotatable bonds is 5. The van der Waals surface area contributed by atoms with E-state index in [0.717, 1.165) is 16.5 Å². The van der Waals surface area contributed by atoms with Gasteiger partial charge in [0.1, 0.15) is 12.2 Å². The molecule has 0 fully saturated rings. The number of benzene rings is 2. The zero-order valence-corrected chi connectivity index (χ0v) is 16.2. The summed E-state index contributed by atoms with van der Waals surface area (Å²) in [7, 11) is 0. The van der Waals surface area contributed by atoms with Crippen molar-refractivity contribution in [3.63, 3.8) is 0 Å². The number of fused-ring (bicyclic) bond motifs is 1. The largest absolute Gasteiger partial charge is 0.460 e. The number of aryl methyl sites for hydroxylation is 1. The molecule has 27 heavy (non-hydrogen) atoms. The molecule has 0 aliphatic rings. The van der Waals surface area contributed by atoms with Gasteiger partial charge in [0.25, 0.3) is 0 Å². The summed E-state index contributed by atoms with van der Waals surface area (Å²) in [6.45, 7) is 5.87. The van der Waals surface area contributed by atoms with Crippen molar-refractivity contribution in [1.29, 1.82) is 0 Å². The molecule has 0 unspecified atom stereocenters. The number of hydrogen-bond donors (Lipinski definition) is 0. The summed E-state index contributed by atoms with van der Waals surface area (Å²) in [5.74, 6) is -0.685. The fraction of sp³-hybridized carbons (Fsp3) is 0.273. The molecule has 3 aromatic rings. The van der Waals surface area contributed by atoms with Crippen LogP contribution in [0.3, 0.4) is 0 Å². The van der Waals surface area contributed by atoms with E-state index in [1.165, 1.54) is 6.07 Å². The van der Waals surface area contributed by atoms with Crippen LogP contribution in [-0.2, 0) is 16.1 Å². The molecule has 0 bridgehead atoms. The Balaban J connectivity index is 1.85. The van der Waals surface area contributed by atoms with Gasteiger partial charge in [0.2, 0.25) is 0 Å². The van der Waals surface area contributed by atoms with Crippen molar-refractivity contribution in [1.82, 2.24) is 0 Å². The van der Waals surface area contributed by atoms with Gasteiger partial charge in [-0.25, -0.2) is 4.79 Å². The molecular weight excluding hydrogens is 364 g/mol. The van der Waals surface area contributed by atoms with Crippen LogP contribution in [-0.4, -0.2) is 5.97 Å². The maximum atomic E-state index is 12.8. The molecule has 0 radical (unpaired) electrons. The van der Waals surface area contributed by atoms with Gasteiger partial charge < -0.3 is 9.15 Å². The number of hydrogen-bond acceptors (Lipinski definition) is 4. The molecule has 0 aliphatic heterocycles. The Morgan fingerprint density at radius 3 is 2.48 bits per heavy atom. The Kier molecular flexibility index (Phi) is 5.66. The molecule has 4 nitrogen and oxygen atoms in total. The van der Waals surface area contributed by atoms with E-state index in [-0.39, 0.29) is 18.5 Å². The molecule has 0 saturated carbocycles. The summed E-state index contributed by atoms with van der Waals surface area (Å²) >= 11 is 5.94. The third kappa shape index (κ3) is 4.40. The fourth-order valence-electron chi connectivity index (χ4n) is 3.16. The normalized spacial score (nSPS) is 12.3. The predicted octanol–water partition coefficient (Wildman–Crippen LogP) is 5.24. The Labute approximate surface area is 162 Å². The zero-order chi connectivity index (χ0) is 19.6. The molecule has 2 aromatic carbocycles. The van der Waals surface area contributed by atoms with Gasteiger partial charge in [0, 0.05) is 22.0 Å². The standard InChI is InChI=1S/C22H21ClO4/c1-13(2)21(15-5-7-17(23)8-6-15)22(25)26-12-16-11-20(24)27-19-10-14(3)4-9-18(16)19/h4-11,13,21H,12H2,1-3H3/t21-/m1/s1. The highest BCUT2D eigenvalue weighted by Gasteiger charge is 2.26. The molecule has 140 valence electrons. The van der Waals surface area contributed by atoms with Crippen molar-refractivity contribution < 1.29 is 13.9 Å². The van der Waals surface area contributed by atoms with Crippen molar-refractivity contribution in [2.45, 2.75) is 33.3 Å². The zero-order valence-electron chi connectivity index (χ0n) is 15.5. The van der Waals surface area contributed by atoms with Crippen LogP contribution in [0.1, 0.15) is 36.5 Å². The summed E-state index contributed by atoms with van der Waals surface area (Å²) < 4.78 is 10.8. The molecule has 3 rings (SSSR count). The van der Waals surface area contributed by atoms with Crippen molar-refractivity contribution in [2.75, 3.05) is 0 Å². The van der Waals surface area contributed by atoms with E-state index < -0.39 is 11.5 Å². The van der Waals surface area contributed by atoms with Gasteiger partial charge in [-0.3, -0.25) is 4.79 Å². The van der Waals surface area contributed by atoms with Crippen molar-refractivity contribution in [3.8, 4) is 0 Å². The second-order valence-corrected chi connectivity index (χ2v) is 7.41.